The van der Waals surface area contributed by atoms with Gasteiger partial charge >= 0.3 is 0 Å². The highest BCUT2D eigenvalue weighted by atomic mass is 16.1. The molecule has 3 aromatic heterocycles. The van der Waals surface area contributed by atoms with Gasteiger partial charge in [-0.3, -0.25) is 19.8 Å². The number of H-pyrrole nitrogens is 1. The molecule has 0 atom stereocenters. The summed E-state index contributed by atoms with van der Waals surface area (Å²) in [6, 6.07) is 18.2. The molecule has 0 radical (unpaired) electrons. The zero-order valence-electron chi connectivity index (χ0n) is 19.6. The van der Waals surface area contributed by atoms with E-state index in [1.165, 1.54) is 0 Å². The second kappa shape index (κ2) is 9.07. The number of carbonyl (C=O) groups is 1. The van der Waals surface area contributed by atoms with Crippen LogP contribution in [0.15, 0.2) is 84.4 Å². The number of carbonyl (C=O) groups excluding carboxylic acids is 1. The van der Waals surface area contributed by atoms with Crippen molar-refractivity contribution in [3.8, 4) is 22.3 Å². The molecule has 6 rings (SSSR count). The smallest absolute Gasteiger partial charge is 0.224 e. The fourth-order valence-electron chi connectivity index (χ4n) is 4.35. The number of anilines is 2. The molecule has 0 fully saturated rings. The molecule has 0 saturated carbocycles. The Balaban J connectivity index is 1.40. The normalized spacial score (nSPS) is 12.5. The average Bonchev–Trinajstić information content (AvgIpc) is 3.37. The molecule has 4 heterocycles. The fourth-order valence-corrected chi connectivity index (χ4v) is 4.35. The number of nitrogens with one attached hydrogen (secondary N) is 3. The van der Waals surface area contributed by atoms with Gasteiger partial charge in [0.2, 0.25) is 5.91 Å². The van der Waals surface area contributed by atoms with Gasteiger partial charge in [-0.2, -0.15) is 0 Å². The summed E-state index contributed by atoms with van der Waals surface area (Å²) in [5, 5.41) is 6.22. The molecule has 1 amide bonds. The standard InChI is InChI=1S/C28H23N7O/c1-2-25(36)33-20-10-19(12-29-13-20)18-8-9-23-21(11-18)27(32-16-31-23)28-34-24-15-30-14-22(26(24)35-28)17-6-4-3-5-7-17/h3-15,31H,2,16H2,1H3,(H,33,36)(H,34,35). The largest absolute Gasteiger partial charge is 0.366 e. The summed E-state index contributed by atoms with van der Waals surface area (Å²) in [7, 11) is 0. The molecular weight excluding hydrogens is 450 g/mol. The van der Waals surface area contributed by atoms with Gasteiger partial charge in [0.25, 0.3) is 0 Å². The maximum absolute atomic E-state index is 11.8. The molecule has 176 valence electrons. The Morgan fingerprint density at radius 2 is 1.78 bits per heavy atom. The number of amides is 1. The first kappa shape index (κ1) is 21.7. The molecule has 3 N–H and O–H groups in total. The van der Waals surface area contributed by atoms with Crippen molar-refractivity contribution in [1.82, 2.24) is 19.9 Å². The number of benzene rings is 2. The molecule has 0 spiro atoms. The summed E-state index contributed by atoms with van der Waals surface area (Å²) in [6.45, 7) is 2.28. The van der Waals surface area contributed by atoms with Crippen LogP contribution in [0.2, 0.25) is 0 Å². The lowest BCUT2D eigenvalue weighted by Gasteiger charge is -2.18. The summed E-state index contributed by atoms with van der Waals surface area (Å²) in [5.41, 5.74) is 8.98. The summed E-state index contributed by atoms with van der Waals surface area (Å²) in [5.74, 6) is 0.643. The number of aromatic amines is 1. The van der Waals surface area contributed by atoms with Gasteiger partial charge in [-0.1, -0.05) is 43.3 Å². The predicted molar refractivity (Wildman–Crippen MR) is 142 cm³/mol. The maximum Gasteiger partial charge on any atom is 0.224 e. The summed E-state index contributed by atoms with van der Waals surface area (Å²) < 4.78 is 0. The molecule has 0 unspecified atom stereocenters. The Hall–Kier alpha value is -4.85. The van der Waals surface area contributed by atoms with E-state index in [-0.39, 0.29) is 5.91 Å². The minimum atomic E-state index is -0.0488. The van der Waals surface area contributed by atoms with Gasteiger partial charge in [0, 0.05) is 41.2 Å². The van der Waals surface area contributed by atoms with Crippen molar-refractivity contribution < 1.29 is 4.79 Å². The number of pyridine rings is 2. The third-order valence-electron chi connectivity index (χ3n) is 6.16. The second-order valence-electron chi connectivity index (χ2n) is 8.50. The summed E-state index contributed by atoms with van der Waals surface area (Å²) >= 11 is 0. The number of aromatic nitrogens is 4. The first-order valence-corrected chi connectivity index (χ1v) is 11.8. The van der Waals surface area contributed by atoms with Crippen molar-refractivity contribution in [2.24, 2.45) is 4.99 Å². The molecule has 1 aliphatic heterocycles. The molecular formula is C28H23N7O. The van der Waals surface area contributed by atoms with Crippen LogP contribution in [-0.4, -0.2) is 38.2 Å². The maximum atomic E-state index is 11.8. The van der Waals surface area contributed by atoms with Gasteiger partial charge in [0.15, 0.2) is 5.82 Å². The van der Waals surface area contributed by atoms with Crippen LogP contribution in [0.4, 0.5) is 11.4 Å². The molecule has 8 nitrogen and oxygen atoms in total. The topological polar surface area (TPSA) is 108 Å². The molecule has 0 saturated heterocycles. The minimum absolute atomic E-state index is 0.0488. The van der Waals surface area contributed by atoms with E-state index in [0.717, 1.165) is 50.2 Å². The Morgan fingerprint density at radius 1 is 0.917 bits per heavy atom. The number of aliphatic imine (C=N–C) groups is 1. The van der Waals surface area contributed by atoms with Crippen LogP contribution < -0.4 is 10.6 Å². The molecule has 5 aromatic rings. The molecule has 0 aliphatic carbocycles. The molecule has 36 heavy (non-hydrogen) atoms. The van der Waals surface area contributed by atoms with Gasteiger partial charge in [0.1, 0.15) is 12.4 Å². The van der Waals surface area contributed by atoms with Crippen molar-refractivity contribution in [3.05, 3.63) is 90.8 Å². The van der Waals surface area contributed by atoms with Crippen LogP contribution in [0.25, 0.3) is 33.3 Å². The van der Waals surface area contributed by atoms with Gasteiger partial charge in [-0.25, -0.2) is 4.98 Å². The van der Waals surface area contributed by atoms with Crippen molar-refractivity contribution in [3.63, 3.8) is 0 Å². The quantitative estimate of drug-likeness (QED) is 0.323. The molecule has 0 bridgehead atoms. The zero-order valence-corrected chi connectivity index (χ0v) is 19.6. The molecule has 1 aliphatic rings. The monoisotopic (exact) mass is 473 g/mol. The highest BCUT2D eigenvalue weighted by Gasteiger charge is 2.21. The lowest BCUT2D eigenvalue weighted by molar-refractivity contribution is -0.115. The molecule has 8 heteroatoms. The van der Waals surface area contributed by atoms with E-state index < -0.39 is 0 Å². The number of fused-ring (bicyclic) bond motifs is 2. The van der Waals surface area contributed by atoms with E-state index in [1.807, 2.05) is 49.5 Å². The van der Waals surface area contributed by atoms with Crippen LogP contribution >= 0.6 is 0 Å². The van der Waals surface area contributed by atoms with Crippen molar-refractivity contribution in [2.75, 3.05) is 17.3 Å². The van der Waals surface area contributed by atoms with E-state index in [0.29, 0.717) is 24.6 Å². The highest BCUT2D eigenvalue weighted by Crippen LogP contribution is 2.31. The van der Waals surface area contributed by atoms with Crippen molar-refractivity contribution >= 4 is 34.0 Å². The molecule has 2 aromatic carbocycles. The Labute approximate surface area is 207 Å². The van der Waals surface area contributed by atoms with E-state index in [2.05, 4.69) is 43.8 Å². The number of rotatable bonds is 5. The average molecular weight is 474 g/mol. The third kappa shape index (κ3) is 3.98. The van der Waals surface area contributed by atoms with E-state index >= 15 is 0 Å². The van der Waals surface area contributed by atoms with E-state index in [1.54, 1.807) is 18.6 Å². The Morgan fingerprint density at radius 3 is 2.64 bits per heavy atom. The van der Waals surface area contributed by atoms with Gasteiger partial charge in [-0.15, -0.1) is 0 Å². The fraction of sp³-hybridized carbons (Fsp3) is 0.107. The van der Waals surface area contributed by atoms with Crippen LogP contribution in [0.1, 0.15) is 24.7 Å². The third-order valence-corrected chi connectivity index (χ3v) is 6.16. The summed E-state index contributed by atoms with van der Waals surface area (Å²) in [6.07, 6.45) is 7.48. The van der Waals surface area contributed by atoms with Crippen LogP contribution in [0.5, 0.6) is 0 Å². The first-order chi connectivity index (χ1) is 17.7. The van der Waals surface area contributed by atoms with E-state index in [9.17, 15) is 4.79 Å². The van der Waals surface area contributed by atoms with Gasteiger partial charge in [-0.05, 0) is 29.3 Å². The second-order valence-corrected chi connectivity index (χ2v) is 8.50. The lowest BCUT2D eigenvalue weighted by atomic mass is 9.99. The Bertz CT molecular complexity index is 1620. The first-order valence-electron chi connectivity index (χ1n) is 11.8. The number of imidazole rings is 1. The predicted octanol–water partition coefficient (Wildman–Crippen LogP) is 5.26. The van der Waals surface area contributed by atoms with Gasteiger partial charge < -0.3 is 15.6 Å². The number of hydrogen-bond acceptors (Lipinski definition) is 6. The minimum Gasteiger partial charge on any atom is -0.366 e. The van der Waals surface area contributed by atoms with Crippen molar-refractivity contribution in [1.29, 1.82) is 0 Å². The highest BCUT2D eigenvalue weighted by molar-refractivity contribution is 6.16. The van der Waals surface area contributed by atoms with Crippen molar-refractivity contribution in [2.45, 2.75) is 13.3 Å². The van der Waals surface area contributed by atoms with Crippen LogP contribution in [0, 0.1) is 0 Å². The zero-order chi connectivity index (χ0) is 24.5. The Kier molecular flexibility index (Phi) is 5.46. The lowest BCUT2D eigenvalue weighted by Crippen LogP contribution is -2.17. The number of nitrogens with zero attached hydrogens (tertiary/aromatic N) is 4. The van der Waals surface area contributed by atoms with Crippen LogP contribution in [-0.2, 0) is 4.79 Å². The van der Waals surface area contributed by atoms with Crippen LogP contribution in [0.3, 0.4) is 0 Å². The van der Waals surface area contributed by atoms with E-state index in [4.69, 9.17) is 9.98 Å². The summed E-state index contributed by atoms with van der Waals surface area (Å²) in [4.78, 5) is 33.7. The SMILES string of the molecule is CCC(=O)Nc1cncc(-c2ccc3c(c2)C(c2nc4c(-c5ccccc5)cncc4[nH]2)=NCN3)c1. The van der Waals surface area contributed by atoms with Gasteiger partial charge in [0.05, 0.1) is 29.1 Å². The number of hydrogen-bond donors (Lipinski definition) is 3.